The molecule has 0 bridgehead atoms. The van der Waals surface area contributed by atoms with Crippen LogP contribution in [0, 0.1) is 27.7 Å². The molecule has 2 rings (SSSR count). The molecule has 156 valence electrons. The molecule has 5 heteroatoms. The monoisotopic (exact) mass is 452 g/mol. The third-order valence-corrected chi connectivity index (χ3v) is 28.0. The van der Waals surface area contributed by atoms with E-state index in [1.807, 2.05) is 0 Å². The molecule has 2 aromatic carbocycles. The Balaban J connectivity index is 2.63. The van der Waals surface area contributed by atoms with Crippen LogP contribution >= 0.6 is 0 Å². The molecule has 0 amide bonds. The molecule has 2 unspecified atom stereocenters. The second kappa shape index (κ2) is 9.08. The van der Waals surface area contributed by atoms with Crippen molar-refractivity contribution in [3.63, 3.8) is 0 Å². The van der Waals surface area contributed by atoms with Gasteiger partial charge in [0, 0.05) is 0 Å². The van der Waals surface area contributed by atoms with Gasteiger partial charge in [-0.25, -0.2) is 0 Å². The van der Waals surface area contributed by atoms with E-state index in [0.29, 0.717) is 3.28 Å². The zero-order chi connectivity index (χ0) is 22.3. The molecule has 0 aliphatic heterocycles. The van der Waals surface area contributed by atoms with Gasteiger partial charge in [-0.2, -0.15) is 0 Å². The molecule has 0 aliphatic carbocycles. The molecular weight excluding hydrogens is 413 g/mol. The molecule has 0 aliphatic rings. The topological polar surface area (TPSA) is 52.0 Å². The Morgan fingerprint density at radius 2 is 0.931 bits per heavy atom. The zero-order valence-corrected chi connectivity index (χ0v) is 24.5. The van der Waals surface area contributed by atoms with Crippen LogP contribution in [0.15, 0.2) is 24.3 Å². The van der Waals surface area contributed by atoms with Gasteiger partial charge in [0.15, 0.2) is 0 Å². The zero-order valence-electron chi connectivity index (χ0n) is 20.3. The molecular formula is C24H40CaN2Si2. The van der Waals surface area contributed by atoms with E-state index in [4.69, 9.17) is 11.5 Å². The Morgan fingerprint density at radius 1 is 0.621 bits per heavy atom. The van der Waals surface area contributed by atoms with E-state index in [2.05, 4.69) is 91.2 Å². The summed E-state index contributed by atoms with van der Waals surface area (Å²) in [5.74, 6) is 0. The van der Waals surface area contributed by atoms with E-state index in [1.54, 1.807) is 0 Å². The van der Waals surface area contributed by atoms with Crippen molar-refractivity contribution in [1.82, 2.24) is 0 Å². The Hall–Kier alpha value is -0.266. The number of aryl methyl sites for hydroxylation is 2. The van der Waals surface area contributed by atoms with Gasteiger partial charge in [-0.1, -0.05) is 0 Å². The predicted octanol–water partition coefficient (Wildman–Crippen LogP) is 6.33. The second-order valence-electron chi connectivity index (χ2n) is 11.1. The molecule has 0 aromatic heterocycles. The maximum absolute atomic E-state index is 6.72. The first kappa shape index (κ1) is 25.0. The summed E-state index contributed by atoms with van der Waals surface area (Å²) < 4.78 is 1.40. The number of hydrogen-bond donors (Lipinski definition) is 2. The average molecular weight is 453 g/mol. The average Bonchev–Trinajstić information content (AvgIpc) is 2.59. The van der Waals surface area contributed by atoms with Crippen LogP contribution in [0.3, 0.4) is 0 Å². The Morgan fingerprint density at radius 3 is 1.21 bits per heavy atom. The van der Waals surface area contributed by atoms with Crippen molar-refractivity contribution >= 4 is 61.4 Å². The first-order valence-electron chi connectivity index (χ1n) is 10.9. The van der Waals surface area contributed by atoms with Crippen molar-refractivity contribution in [1.29, 1.82) is 0 Å². The van der Waals surface area contributed by atoms with Crippen LogP contribution in [0.2, 0.25) is 39.3 Å². The van der Waals surface area contributed by atoms with Gasteiger partial charge in [-0.05, 0) is 0 Å². The summed E-state index contributed by atoms with van der Waals surface area (Å²) in [6, 6.07) is 9.25. The maximum atomic E-state index is 6.72. The van der Waals surface area contributed by atoms with Crippen LogP contribution in [0.4, 0.5) is 11.4 Å². The summed E-state index contributed by atoms with van der Waals surface area (Å²) >= 11 is -1.08. The summed E-state index contributed by atoms with van der Waals surface area (Å²) in [4.78, 5) is 0. The van der Waals surface area contributed by atoms with Crippen molar-refractivity contribution in [3.05, 3.63) is 57.6 Å². The first-order chi connectivity index (χ1) is 13.2. The van der Waals surface area contributed by atoms with Crippen LogP contribution in [-0.2, 0) is 0 Å². The number of anilines is 2. The van der Waals surface area contributed by atoms with E-state index in [9.17, 15) is 0 Å². The minimum atomic E-state index is -1.43. The molecule has 0 saturated carbocycles. The number of benzene rings is 2. The van der Waals surface area contributed by atoms with E-state index in [1.165, 1.54) is 33.4 Å². The van der Waals surface area contributed by atoms with Crippen LogP contribution in [0.5, 0.6) is 0 Å². The number of nitrogen functional groups attached to an aromatic ring is 2. The molecule has 2 nitrogen and oxygen atoms in total. The Bertz CT molecular complexity index is 822. The second-order valence-corrected chi connectivity index (χ2v) is 27.8. The molecule has 2 aromatic rings. The van der Waals surface area contributed by atoms with Crippen LogP contribution < -0.4 is 11.5 Å². The fourth-order valence-corrected chi connectivity index (χ4v) is 20.4. The molecule has 0 heterocycles. The van der Waals surface area contributed by atoms with Crippen LogP contribution in [0.1, 0.15) is 36.7 Å². The number of nitrogens with two attached hydrogens (primary N) is 2. The summed E-state index contributed by atoms with van der Waals surface area (Å²) in [5, 5.41) is 0. The van der Waals surface area contributed by atoms with Gasteiger partial charge in [0.1, 0.15) is 0 Å². The SMILES string of the molecule is Cc1ccc([CH]([Ca][CH](c2ccc(C)c(C)c2N)[Si](C)(C)C)[Si](C)(C)C)c(N)c1C. The Kier molecular flexibility index (Phi) is 7.82. The van der Waals surface area contributed by atoms with Crippen molar-refractivity contribution in [3.8, 4) is 0 Å². The van der Waals surface area contributed by atoms with Crippen molar-refractivity contribution in [2.24, 2.45) is 0 Å². The van der Waals surface area contributed by atoms with Crippen molar-refractivity contribution < 1.29 is 0 Å². The standard InChI is InChI=1S/2C12H20NSi.Ca/c2*1-9-6-7-11(8-14(3,4)5)12(13)10(9)2;/h2*6-8H,13H2,1-5H3;. The van der Waals surface area contributed by atoms with Gasteiger partial charge >= 0.3 is 201 Å². The van der Waals surface area contributed by atoms with Gasteiger partial charge in [-0.3, -0.25) is 0 Å². The minimum absolute atomic E-state index is 0.701. The normalized spacial score (nSPS) is 14.4. The van der Waals surface area contributed by atoms with Crippen molar-refractivity contribution in [2.45, 2.75) is 70.3 Å². The quantitative estimate of drug-likeness (QED) is 0.397. The molecule has 29 heavy (non-hydrogen) atoms. The molecule has 0 spiro atoms. The first-order valence-corrected chi connectivity index (χ1v) is 20.6. The predicted molar refractivity (Wildman–Crippen MR) is 139 cm³/mol. The molecule has 0 fully saturated rings. The van der Waals surface area contributed by atoms with Crippen LogP contribution in [0.25, 0.3) is 0 Å². The Labute approximate surface area is 199 Å². The summed E-state index contributed by atoms with van der Waals surface area (Å²) in [6.07, 6.45) is 0. The molecule has 2 atom stereocenters. The van der Waals surface area contributed by atoms with Gasteiger partial charge in [0.25, 0.3) is 0 Å². The molecule has 0 saturated heterocycles. The summed E-state index contributed by atoms with van der Waals surface area (Å²) in [5.41, 5.74) is 23.5. The van der Waals surface area contributed by atoms with Gasteiger partial charge in [-0.15, -0.1) is 0 Å². The number of hydrogen-bond acceptors (Lipinski definition) is 2. The van der Waals surface area contributed by atoms with E-state index in [-0.39, 0.29) is 0 Å². The van der Waals surface area contributed by atoms with Gasteiger partial charge in [0.2, 0.25) is 0 Å². The van der Waals surface area contributed by atoms with Gasteiger partial charge in [0.05, 0.1) is 0 Å². The van der Waals surface area contributed by atoms with Crippen molar-refractivity contribution in [2.75, 3.05) is 11.5 Å². The van der Waals surface area contributed by atoms with E-state index >= 15 is 0 Å². The summed E-state index contributed by atoms with van der Waals surface area (Å²) in [6.45, 7) is 23.9. The van der Waals surface area contributed by atoms with E-state index in [0.717, 1.165) is 11.4 Å². The fraction of sp³-hybridized carbons (Fsp3) is 0.500. The third kappa shape index (κ3) is 5.51. The third-order valence-electron chi connectivity index (χ3n) is 6.95. The fourth-order valence-electron chi connectivity index (χ4n) is 4.45. The number of rotatable bonds is 6. The van der Waals surface area contributed by atoms with Gasteiger partial charge < -0.3 is 0 Å². The molecule has 0 radical (unpaired) electrons. The molecule has 4 N–H and O–H groups in total. The summed E-state index contributed by atoms with van der Waals surface area (Å²) in [7, 11) is -2.86. The van der Waals surface area contributed by atoms with Crippen LogP contribution in [-0.4, -0.2) is 50.0 Å². The van der Waals surface area contributed by atoms with E-state index < -0.39 is 50.0 Å².